The molecule has 3 heteroatoms. The van der Waals surface area contributed by atoms with Crippen LogP contribution >= 0.6 is 0 Å². The second kappa shape index (κ2) is 6.56. The molecule has 0 aromatic heterocycles. The Morgan fingerprint density at radius 1 is 0.933 bits per heavy atom. The molecule has 4 saturated carbocycles. The number of fused-ring (bicyclic) bond motifs is 7. The monoisotopic (exact) mass is 414 g/mol. The molecular formula is C27H42O3. The number of carbonyl (C=O) groups excluding carboxylic acids is 1. The van der Waals surface area contributed by atoms with Crippen LogP contribution in [0.5, 0.6) is 0 Å². The quantitative estimate of drug-likeness (QED) is 0.487. The highest BCUT2D eigenvalue weighted by atomic mass is 16.7. The highest BCUT2D eigenvalue weighted by Crippen LogP contribution is 2.70. The molecule has 6 rings (SSSR count). The molecule has 6 fully saturated rings. The van der Waals surface area contributed by atoms with E-state index in [4.69, 9.17) is 9.47 Å². The van der Waals surface area contributed by atoms with Gasteiger partial charge in [0.05, 0.1) is 12.7 Å². The molecule has 0 aromatic carbocycles. The smallest absolute Gasteiger partial charge is 0.171 e. The van der Waals surface area contributed by atoms with Gasteiger partial charge in [0.15, 0.2) is 5.79 Å². The van der Waals surface area contributed by atoms with Gasteiger partial charge in [-0.2, -0.15) is 0 Å². The summed E-state index contributed by atoms with van der Waals surface area (Å²) >= 11 is 0. The van der Waals surface area contributed by atoms with E-state index < -0.39 is 0 Å². The van der Waals surface area contributed by atoms with Gasteiger partial charge in [0.25, 0.3) is 0 Å². The van der Waals surface area contributed by atoms with E-state index in [0.717, 1.165) is 31.8 Å². The zero-order chi connectivity index (χ0) is 20.9. The molecule has 2 heterocycles. The molecule has 30 heavy (non-hydrogen) atoms. The molecule has 0 N–H and O–H groups in total. The van der Waals surface area contributed by atoms with Crippen molar-refractivity contribution in [1.29, 1.82) is 0 Å². The molecule has 3 nitrogen and oxygen atoms in total. The highest BCUT2D eigenvalue weighted by molar-refractivity contribution is 5.83. The van der Waals surface area contributed by atoms with Gasteiger partial charge in [-0.3, -0.25) is 4.79 Å². The second-order valence-electron chi connectivity index (χ2n) is 12.9. The molecule has 2 saturated heterocycles. The van der Waals surface area contributed by atoms with E-state index in [-0.39, 0.29) is 11.2 Å². The van der Waals surface area contributed by atoms with Crippen molar-refractivity contribution in [2.75, 3.05) is 6.61 Å². The average molecular weight is 415 g/mol. The van der Waals surface area contributed by atoms with Gasteiger partial charge in [-0.05, 0) is 78.9 Å². The maximum Gasteiger partial charge on any atom is 0.171 e. The predicted octanol–water partition coefficient (Wildman–Crippen LogP) is 6.00. The topological polar surface area (TPSA) is 35.5 Å². The molecular weight excluding hydrogens is 372 g/mol. The fourth-order valence-electron chi connectivity index (χ4n) is 10.1. The van der Waals surface area contributed by atoms with Crippen LogP contribution in [-0.4, -0.2) is 24.3 Å². The average Bonchev–Trinajstić information content (AvgIpc) is 3.15. The summed E-state index contributed by atoms with van der Waals surface area (Å²) in [5, 5.41) is 0. The van der Waals surface area contributed by atoms with Crippen LogP contribution in [-0.2, 0) is 14.3 Å². The molecule has 168 valence electrons. The molecule has 1 spiro atoms. The minimum atomic E-state index is -0.324. The fraction of sp³-hybridized carbons (Fsp3) is 0.963. The third kappa shape index (κ3) is 2.49. The first-order valence-corrected chi connectivity index (χ1v) is 13.1. The minimum Gasteiger partial charge on any atom is -0.349 e. The Labute approximate surface area is 183 Å². The van der Waals surface area contributed by atoms with Gasteiger partial charge in [-0.1, -0.05) is 40.5 Å². The van der Waals surface area contributed by atoms with E-state index >= 15 is 0 Å². The lowest BCUT2D eigenvalue weighted by molar-refractivity contribution is -0.273. The number of hydrogen-bond acceptors (Lipinski definition) is 3. The van der Waals surface area contributed by atoms with Crippen LogP contribution in [0.1, 0.15) is 91.9 Å². The number of rotatable bonds is 0. The van der Waals surface area contributed by atoms with Crippen LogP contribution in [0.4, 0.5) is 0 Å². The molecule has 6 aliphatic rings. The van der Waals surface area contributed by atoms with E-state index in [1.165, 1.54) is 44.9 Å². The molecule has 1 unspecified atom stereocenters. The Morgan fingerprint density at radius 3 is 2.53 bits per heavy atom. The van der Waals surface area contributed by atoms with Crippen molar-refractivity contribution in [2.24, 2.45) is 52.3 Å². The summed E-state index contributed by atoms with van der Waals surface area (Å²) in [5.41, 5.74) is 0.590. The zero-order valence-corrected chi connectivity index (χ0v) is 19.6. The van der Waals surface area contributed by atoms with E-state index in [1.807, 2.05) is 0 Å². The zero-order valence-electron chi connectivity index (χ0n) is 19.6. The highest BCUT2D eigenvalue weighted by Gasteiger charge is 2.69. The van der Waals surface area contributed by atoms with E-state index in [1.54, 1.807) is 0 Å². The van der Waals surface area contributed by atoms with Gasteiger partial charge >= 0.3 is 0 Å². The summed E-state index contributed by atoms with van der Waals surface area (Å²) in [6.07, 6.45) is 12.3. The summed E-state index contributed by atoms with van der Waals surface area (Å²) in [5.74, 6) is 4.38. The van der Waals surface area contributed by atoms with Gasteiger partial charge in [-0.15, -0.1) is 0 Å². The van der Waals surface area contributed by atoms with E-state index in [0.29, 0.717) is 52.8 Å². The summed E-state index contributed by atoms with van der Waals surface area (Å²) < 4.78 is 13.3. The first kappa shape index (κ1) is 20.2. The molecule has 2 aliphatic heterocycles. The lowest BCUT2D eigenvalue weighted by Crippen LogP contribution is -2.56. The normalized spacial score (nSPS) is 60.1. The van der Waals surface area contributed by atoms with Crippen LogP contribution < -0.4 is 0 Å². The maximum absolute atomic E-state index is 13.3. The van der Waals surface area contributed by atoms with Gasteiger partial charge in [0.2, 0.25) is 0 Å². The van der Waals surface area contributed by atoms with Crippen LogP contribution in [0.25, 0.3) is 0 Å². The largest absolute Gasteiger partial charge is 0.349 e. The SMILES string of the molecule is CC1CC[C@@]2(OC1)O[C@H]1C[C@H]3[C@@H]4CC(=O)[C@H]5CCCC[C@]5(C)[C@H]4CC[C@]3(C)[C@H]1[C@@H]2C. The van der Waals surface area contributed by atoms with Crippen LogP contribution in [0.3, 0.4) is 0 Å². The predicted molar refractivity (Wildman–Crippen MR) is 117 cm³/mol. The van der Waals surface area contributed by atoms with Gasteiger partial charge in [0, 0.05) is 24.7 Å². The Balaban J connectivity index is 1.29. The first-order valence-electron chi connectivity index (χ1n) is 13.1. The molecule has 0 amide bonds. The summed E-state index contributed by atoms with van der Waals surface area (Å²) in [4.78, 5) is 13.3. The fourth-order valence-corrected chi connectivity index (χ4v) is 10.1. The van der Waals surface area contributed by atoms with Gasteiger partial charge in [0.1, 0.15) is 5.78 Å². The third-order valence-electron chi connectivity index (χ3n) is 11.6. The Hall–Kier alpha value is -0.410. The maximum atomic E-state index is 13.3. The molecule has 4 aliphatic carbocycles. The Bertz CT molecular complexity index is 724. The third-order valence-corrected chi connectivity index (χ3v) is 11.6. The van der Waals surface area contributed by atoms with Crippen molar-refractivity contribution in [1.82, 2.24) is 0 Å². The Kier molecular flexibility index (Phi) is 4.42. The van der Waals surface area contributed by atoms with Crippen molar-refractivity contribution in [3.8, 4) is 0 Å². The van der Waals surface area contributed by atoms with E-state index in [2.05, 4.69) is 27.7 Å². The van der Waals surface area contributed by atoms with Gasteiger partial charge < -0.3 is 9.47 Å². The number of hydrogen-bond donors (Lipinski definition) is 0. The first-order chi connectivity index (χ1) is 14.3. The van der Waals surface area contributed by atoms with Crippen molar-refractivity contribution in [2.45, 2.75) is 104 Å². The molecule has 0 aromatic rings. The summed E-state index contributed by atoms with van der Waals surface area (Å²) in [7, 11) is 0. The van der Waals surface area contributed by atoms with E-state index in [9.17, 15) is 4.79 Å². The minimum absolute atomic E-state index is 0.271. The van der Waals surface area contributed by atoms with Crippen molar-refractivity contribution < 1.29 is 14.3 Å². The van der Waals surface area contributed by atoms with Gasteiger partial charge in [-0.25, -0.2) is 0 Å². The number of carbonyl (C=O) groups is 1. The van der Waals surface area contributed by atoms with Crippen LogP contribution in [0, 0.1) is 52.3 Å². The molecule has 11 atom stereocenters. The number of Topliss-reactive ketones (excluding diaryl/α,β-unsaturated/α-hetero) is 1. The number of ether oxygens (including phenoxy) is 2. The van der Waals surface area contributed by atoms with Crippen LogP contribution in [0.2, 0.25) is 0 Å². The molecule has 0 radical (unpaired) electrons. The summed E-state index contributed by atoms with van der Waals surface area (Å²) in [6.45, 7) is 10.6. The van der Waals surface area contributed by atoms with Crippen molar-refractivity contribution in [3.63, 3.8) is 0 Å². The summed E-state index contributed by atoms with van der Waals surface area (Å²) in [6, 6.07) is 0. The number of ketones is 1. The van der Waals surface area contributed by atoms with Crippen molar-refractivity contribution in [3.05, 3.63) is 0 Å². The standard InChI is InChI=1S/C27H42O3/c1-16-8-12-27(29-15-16)17(2)24-23(30-27)14-21-18-13-22(28)20-7-5-6-10-25(20,3)19(18)9-11-26(21,24)4/h16-21,23-24H,5-15H2,1-4H3/t16?,17-,18+,19-,20+,21-,23-,24-,25+,26-,27+/m0/s1. The van der Waals surface area contributed by atoms with Crippen molar-refractivity contribution >= 4 is 5.78 Å². The van der Waals surface area contributed by atoms with Crippen LogP contribution in [0.15, 0.2) is 0 Å². The lowest BCUT2D eigenvalue weighted by atomic mass is 9.44. The molecule has 0 bridgehead atoms. The second-order valence-corrected chi connectivity index (χ2v) is 12.9. The Morgan fingerprint density at radius 2 is 1.77 bits per heavy atom. The lowest BCUT2D eigenvalue weighted by Gasteiger charge is -2.60.